The number of fused-ring (bicyclic) bond motifs is 1. The lowest BCUT2D eigenvalue weighted by Gasteiger charge is -2.44. The number of urea groups is 1. The molecule has 10 heteroatoms. The van der Waals surface area contributed by atoms with E-state index in [0.29, 0.717) is 37.8 Å². The maximum absolute atomic E-state index is 12.4. The Bertz CT molecular complexity index is 717. The molecule has 3 heterocycles. The summed E-state index contributed by atoms with van der Waals surface area (Å²) in [6.45, 7) is 3.42. The molecule has 0 radical (unpaired) electrons. The zero-order chi connectivity index (χ0) is 17.5. The molecule has 0 bridgehead atoms. The van der Waals surface area contributed by atoms with Crippen molar-refractivity contribution >= 4 is 15.9 Å². The molecule has 1 aromatic rings. The second-order valence-electron chi connectivity index (χ2n) is 6.50. The van der Waals surface area contributed by atoms with E-state index in [2.05, 4.69) is 10.2 Å². The normalized spacial score (nSPS) is 26.4. The number of carbonyl (C=O) groups excluding carboxylic acids is 1. The SMILES string of the molecule is CCc1nnc(CN2CCN(C(=O)N(C)C)[C@H]3CS(=O)(=O)C[C@H]32)o1. The highest BCUT2D eigenvalue weighted by Gasteiger charge is 2.48. The molecule has 2 aliphatic rings. The Morgan fingerprint density at radius 1 is 1.21 bits per heavy atom. The molecule has 2 atom stereocenters. The summed E-state index contributed by atoms with van der Waals surface area (Å²) in [6.07, 6.45) is 0.665. The van der Waals surface area contributed by atoms with Crippen LogP contribution in [-0.4, -0.2) is 90.1 Å². The third-order valence-electron chi connectivity index (χ3n) is 4.57. The fraction of sp³-hybridized carbons (Fsp3) is 0.786. The summed E-state index contributed by atoms with van der Waals surface area (Å²) in [5.74, 6) is 1.13. The van der Waals surface area contributed by atoms with Crippen molar-refractivity contribution in [3.63, 3.8) is 0 Å². The van der Waals surface area contributed by atoms with E-state index in [0.717, 1.165) is 0 Å². The summed E-state index contributed by atoms with van der Waals surface area (Å²) in [6, 6.07) is -0.704. The Morgan fingerprint density at radius 2 is 1.88 bits per heavy atom. The van der Waals surface area contributed by atoms with Crippen molar-refractivity contribution < 1.29 is 17.6 Å². The maximum atomic E-state index is 12.4. The number of hydrogen-bond acceptors (Lipinski definition) is 7. The van der Waals surface area contributed by atoms with E-state index in [1.165, 1.54) is 4.90 Å². The summed E-state index contributed by atoms with van der Waals surface area (Å²) in [4.78, 5) is 17.6. The van der Waals surface area contributed by atoms with Crippen LogP contribution in [0.5, 0.6) is 0 Å². The summed E-state index contributed by atoms with van der Waals surface area (Å²) < 4.78 is 29.9. The first-order valence-corrected chi connectivity index (χ1v) is 9.86. The molecule has 3 rings (SSSR count). The summed E-state index contributed by atoms with van der Waals surface area (Å²) in [7, 11) is 0.191. The Morgan fingerprint density at radius 3 is 2.50 bits per heavy atom. The van der Waals surface area contributed by atoms with Gasteiger partial charge in [-0.2, -0.15) is 0 Å². The molecular weight excluding hydrogens is 334 g/mol. The maximum Gasteiger partial charge on any atom is 0.319 e. The van der Waals surface area contributed by atoms with Crippen molar-refractivity contribution in [2.75, 3.05) is 38.7 Å². The van der Waals surface area contributed by atoms with E-state index in [9.17, 15) is 13.2 Å². The number of piperazine rings is 1. The van der Waals surface area contributed by atoms with E-state index in [-0.39, 0.29) is 29.6 Å². The van der Waals surface area contributed by atoms with Crippen molar-refractivity contribution in [2.24, 2.45) is 0 Å². The molecule has 0 unspecified atom stereocenters. The zero-order valence-electron chi connectivity index (χ0n) is 14.2. The van der Waals surface area contributed by atoms with Crippen LogP contribution in [0.15, 0.2) is 4.42 Å². The molecule has 2 amide bonds. The van der Waals surface area contributed by atoms with Crippen molar-refractivity contribution in [3.05, 3.63) is 11.8 Å². The summed E-state index contributed by atoms with van der Waals surface area (Å²) >= 11 is 0. The molecule has 2 aliphatic heterocycles. The average molecular weight is 357 g/mol. The molecular formula is C14H23N5O4S. The third-order valence-corrected chi connectivity index (χ3v) is 6.27. The van der Waals surface area contributed by atoms with Crippen LogP contribution in [0.1, 0.15) is 18.7 Å². The van der Waals surface area contributed by atoms with Crippen LogP contribution >= 0.6 is 0 Å². The van der Waals surface area contributed by atoms with E-state index in [4.69, 9.17) is 4.42 Å². The molecule has 0 spiro atoms. The van der Waals surface area contributed by atoms with Gasteiger partial charge in [0.05, 0.1) is 24.1 Å². The van der Waals surface area contributed by atoms with Crippen LogP contribution in [0.25, 0.3) is 0 Å². The number of sulfone groups is 1. The molecule has 134 valence electrons. The van der Waals surface area contributed by atoms with Gasteiger partial charge >= 0.3 is 6.03 Å². The highest BCUT2D eigenvalue weighted by Crippen LogP contribution is 2.28. The molecule has 1 aromatic heterocycles. The van der Waals surface area contributed by atoms with Crippen molar-refractivity contribution in [1.82, 2.24) is 24.9 Å². The van der Waals surface area contributed by atoms with Gasteiger partial charge in [-0.15, -0.1) is 10.2 Å². The first-order valence-electron chi connectivity index (χ1n) is 8.04. The molecule has 24 heavy (non-hydrogen) atoms. The molecule has 2 fully saturated rings. The monoisotopic (exact) mass is 357 g/mol. The number of carbonyl (C=O) groups is 1. The van der Waals surface area contributed by atoms with E-state index in [1.807, 2.05) is 11.8 Å². The van der Waals surface area contributed by atoms with E-state index < -0.39 is 9.84 Å². The van der Waals surface area contributed by atoms with E-state index in [1.54, 1.807) is 19.0 Å². The first kappa shape index (κ1) is 17.2. The topological polar surface area (TPSA) is 99.9 Å². The van der Waals surface area contributed by atoms with Crippen LogP contribution in [0.2, 0.25) is 0 Å². The van der Waals surface area contributed by atoms with Gasteiger partial charge in [-0.3, -0.25) is 4.90 Å². The molecule has 0 N–H and O–H groups in total. The third kappa shape index (κ3) is 3.25. The number of hydrogen-bond donors (Lipinski definition) is 0. The standard InChI is InChI=1S/C14H23N5O4S/c1-4-12-15-16-13(23-12)7-18-5-6-19(14(20)17(2)3)11-9-24(21,22)8-10(11)18/h10-11H,4-9H2,1-3H3/t10-,11+/m1/s1. The van der Waals surface area contributed by atoms with Crippen LogP contribution in [0.4, 0.5) is 4.79 Å². The van der Waals surface area contributed by atoms with Crippen LogP contribution in [0.3, 0.4) is 0 Å². The molecule has 0 aromatic carbocycles. The average Bonchev–Trinajstić information content (AvgIpc) is 3.09. The van der Waals surface area contributed by atoms with Crippen molar-refractivity contribution in [1.29, 1.82) is 0 Å². The number of aromatic nitrogens is 2. The van der Waals surface area contributed by atoms with Gasteiger partial charge in [0, 0.05) is 39.6 Å². The highest BCUT2D eigenvalue weighted by molar-refractivity contribution is 7.91. The van der Waals surface area contributed by atoms with Crippen molar-refractivity contribution in [3.8, 4) is 0 Å². The Balaban J connectivity index is 1.80. The van der Waals surface area contributed by atoms with Crippen LogP contribution in [-0.2, 0) is 22.8 Å². The zero-order valence-corrected chi connectivity index (χ0v) is 15.0. The minimum atomic E-state index is -3.17. The fourth-order valence-electron chi connectivity index (χ4n) is 3.38. The van der Waals surface area contributed by atoms with Gasteiger partial charge in [0.1, 0.15) is 0 Å². The molecule has 0 aliphatic carbocycles. The quantitative estimate of drug-likeness (QED) is 0.725. The van der Waals surface area contributed by atoms with Gasteiger partial charge in [0.25, 0.3) is 0 Å². The van der Waals surface area contributed by atoms with Gasteiger partial charge in [-0.1, -0.05) is 6.92 Å². The summed E-state index contributed by atoms with van der Waals surface area (Å²) in [5, 5.41) is 7.97. The van der Waals surface area contributed by atoms with E-state index >= 15 is 0 Å². The number of aryl methyl sites for hydroxylation is 1. The molecule has 9 nitrogen and oxygen atoms in total. The fourth-order valence-corrected chi connectivity index (χ4v) is 5.40. The Kier molecular flexibility index (Phi) is 4.52. The number of rotatable bonds is 3. The lowest BCUT2D eigenvalue weighted by atomic mass is 10.1. The summed E-state index contributed by atoms with van der Waals surface area (Å²) in [5.41, 5.74) is 0. The van der Waals surface area contributed by atoms with Gasteiger partial charge in [0.15, 0.2) is 9.84 Å². The second kappa shape index (κ2) is 6.32. The Hall–Kier alpha value is -1.68. The number of amides is 2. The van der Waals surface area contributed by atoms with Gasteiger partial charge in [0.2, 0.25) is 11.8 Å². The predicted molar refractivity (Wildman–Crippen MR) is 86.1 cm³/mol. The van der Waals surface area contributed by atoms with Crippen LogP contribution in [0, 0.1) is 0 Å². The van der Waals surface area contributed by atoms with Gasteiger partial charge in [-0.05, 0) is 0 Å². The largest absolute Gasteiger partial charge is 0.424 e. The minimum Gasteiger partial charge on any atom is -0.424 e. The predicted octanol–water partition coefficient (Wildman–Crippen LogP) is -0.403. The smallest absolute Gasteiger partial charge is 0.319 e. The lowest BCUT2D eigenvalue weighted by Crippen LogP contribution is -2.61. The second-order valence-corrected chi connectivity index (χ2v) is 8.65. The highest BCUT2D eigenvalue weighted by atomic mass is 32.2. The lowest BCUT2D eigenvalue weighted by molar-refractivity contribution is 0.0470. The first-order chi connectivity index (χ1) is 11.3. The minimum absolute atomic E-state index is 0.0117. The van der Waals surface area contributed by atoms with Crippen molar-refractivity contribution in [2.45, 2.75) is 32.0 Å². The van der Waals surface area contributed by atoms with Crippen LogP contribution < -0.4 is 0 Å². The molecule has 0 saturated carbocycles. The van der Waals surface area contributed by atoms with Gasteiger partial charge in [-0.25, -0.2) is 13.2 Å². The molecule has 2 saturated heterocycles. The van der Waals surface area contributed by atoms with Gasteiger partial charge < -0.3 is 14.2 Å². The Labute approximate surface area is 141 Å². The number of nitrogens with zero attached hydrogens (tertiary/aromatic N) is 5.